The lowest BCUT2D eigenvalue weighted by atomic mass is 9.98. The molecule has 1 N–H and O–H groups in total. The van der Waals surface area contributed by atoms with Crippen LogP contribution in [0.15, 0.2) is 24.3 Å². The minimum absolute atomic E-state index is 0.0146. The Hall–Kier alpha value is -0.900. The van der Waals surface area contributed by atoms with Gasteiger partial charge in [0, 0.05) is 6.42 Å². The van der Waals surface area contributed by atoms with E-state index in [-0.39, 0.29) is 18.8 Å². The van der Waals surface area contributed by atoms with Gasteiger partial charge in [-0.2, -0.15) is 0 Å². The van der Waals surface area contributed by atoms with Crippen LogP contribution in [0.1, 0.15) is 44.7 Å². The number of rotatable bonds is 6. The van der Waals surface area contributed by atoms with Crippen molar-refractivity contribution in [2.75, 3.05) is 6.61 Å². The van der Waals surface area contributed by atoms with Crippen LogP contribution in [0.5, 0.6) is 0 Å². The number of aliphatic hydroxyl groups is 1. The topological polar surface area (TPSA) is 38.7 Å². The maximum Gasteiger partial charge on any atom is 0.168 e. The highest BCUT2D eigenvalue weighted by Gasteiger charge is 2.44. The lowest BCUT2D eigenvalue weighted by molar-refractivity contribution is -0.181. The molecule has 1 aromatic rings. The first kappa shape index (κ1) is 15.5. The van der Waals surface area contributed by atoms with Gasteiger partial charge in [0.25, 0.3) is 0 Å². The van der Waals surface area contributed by atoms with Gasteiger partial charge in [-0.05, 0) is 30.4 Å². The third kappa shape index (κ3) is 3.05. The first-order valence-electron chi connectivity index (χ1n) is 7.71. The molecule has 0 radical (unpaired) electrons. The van der Waals surface area contributed by atoms with Gasteiger partial charge >= 0.3 is 0 Å². The summed E-state index contributed by atoms with van der Waals surface area (Å²) in [7, 11) is 0. The van der Waals surface area contributed by atoms with Gasteiger partial charge in [0.2, 0.25) is 0 Å². The molecule has 1 aromatic carbocycles. The molecular formula is C17H26O3. The predicted molar refractivity (Wildman–Crippen MR) is 79.7 cm³/mol. The average Bonchev–Trinajstić information content (AvgIpc) is 2.86. The third-order valence-electron chi connectivity index (χ3n) is 4.32. The summed E-state index contributed by atoms with van der Waals surface area (Å²) >= 11 is 0. The van der Waals surface area contributed by atoms with Gasteiger partial charge in [0.15, 0.2) is 5.79 Å². The largest absolute Gasteiger partial charge is 0.394 e. The summed E-state index contributed by atoms with van der Waals surface area (Å²) in [4.78, 5) is 0. The number of ether oxygens (including phenoxy) is 2. The van der Waals surface area contributed by atoms with Crippen molar-refractivity contribution in [3.05, 3.63) is 35.4 Å². The summed E-state index contributed by atoms with van der Waals surface area (Å²) in [6.07, 6.45) is 3.15. The van der Waals surface area contributed by atoms with E-state index in [4.69, 9.17) is 9.47 Å². The van der Waals surface area contributed by atoms with Crippen molar-refractivity contribution >= 4 is 0 Å². The molecule has 3 heteroatoms. The Labute approximate surface area is 121 Å². The fraction of sp³-hybridized carbons (Fsp3) is 0.647. The van der Waals surface area contributed by atoms with Crippen LogP contribution >= 0.6 is 0 Å². The Morgan fingerprint density at radius 1 is 1.00 bits per heavy atom. The number of hydrogen-bond donors (Lipinski definition) is 1. The van der Waals surface area contributed by atoms with Crippen LogP contribution in [0, 0.1) is 0 Å². The molecule has 1 aliphatic heterocycles. The van der Waals surface area contributed by atoms with Gasteiger partial charge in [-0.3, -0.25) is 0 Å². The zero-order valence-corrected chi connectivity index (χ0v) is 12.8. The molecule has 1 aliphatic rings. The van der Waals surface area contributed by atoms with Crippen LogP contribution in [0.2, 0.25) is 0 Å². The lowest BCUT2D eigenvalue weighted by Gasteiger charge is -2.25. The van der Waals surface area contributed by atoms with Crippen molar-refractivity contribution in [2.45, 2.75) is 64.4 Å². The van der Waals surface area contributed by atoms with Crippen molar-refractivity contribution < 1.29 is 14.6 Å². The standard InChI is InChI=1S/C17H26O3/c1-4-13-9-7-8-10-14(13)11-15-16(12-18)20-17(5-2,6-3)19-15/h7-10,15-16,18H,4-6,11-12H2,1-3H3. The third-order valence-corrected chi connectivity index (χ3v) is 4.32. The van der Waals surface area contributed by atoms with Crippen molar-refractivity contribution in [3.8, 4) is 0 Å². The Bertz CT molecular complexity index is 426. The Morgan fingerprint density at radius 3 is 2.15 bits per heavy atom. The highest BCUT2D eigenvalue weighted by atomic mass is 16.8. The molecular weight excluding hydrogens is 252 g/mol. The molecule has 1 fully saturated rings. The normalized spacial score (nSPS) is 25.0. The van der Waals surface area contributed by atoms with E-state index >= 15 is 0 Å². The zero-order valence-electron chi connectivity index (χ0n) is 12.8. The summed E-state index contributed by atoms with van der Waals surface area (Å²) in [5.74, 6) is -0.515. The van der Waals surface area contributed by atoms with E-state index in [0.717, 1.165) is 25.7 Å². The molecule has 2 rings (SSSR count). The molecule has 1 heterocycles. The fourth-order valence-electron chi connectivity index (χ4n) is 2.96. The first-order valence-corrected chi connectivity index (χ1v) is 7.71. The summed E-state index contributed by atoms with van der Waals surface area (Å²) in [5.41, 5.74) is 2.64. The van der Waals surface area contributed by atoms with Crippen LogP contribution < -0.4 is 0 Å². The molecule has 0 aliphatic carbocycles. The zero-order chi connectivity index (χ0) is 14.6. The second kappa shape index (κ2) is 6.70. The number of aliphatic hydroxyl groups excluding tert-OH is 1. The Balaban J connectivity index is 2.15. The maximum absolute atomic E-state index is 9.56. The fourth-order valence-corrected chi connectivity index (χ4v) is 2.96. The second-order valence-corrected chi connectivity index (χ2v) is 5.44. The van der Waals surface area contributed by atoms with Crippen molar-refractivity contribution in [3.63, 3.8) is 0 Å². The molecule has 1 saturated heterocycles. The lowest BCUT2D eigenvalue weighted by Crippen LogP contribution is -2.29. The van der Waals surface area contributed by atoms with Crippen LogP contribution in [0.4, 0.5) is 0 Å². The quantitative estimate of drug-likeness (QED) is 0.869. The van der Waals surface area contributed by atoms with Crippen LogP contribution in [0.25, 0.3) is 0 Å². The molecule has 0 amide bonds. The molecule has 112 valence electrons. The molecule has 20 heavy (non-hydrogen) atoms. The smallest absolute Gasteiger partial charge is 0.168 e. The van der Waals surface area contributed by atoms with Crippen LogP contribution in [-0.2, 0) is 22.3 Å². The molecule has 3 nitrogen and oxygen atoms in total. The van der Waals surface area contributed by atoms with Crippen molar-refractivity contribution in [1.82, 2.24) is 0 Å². The summed E-state index contributed by atoms with van der Waals surface area (Å²) in [6.45, 7) is 6.32. The minimum atomic E-state index is -0.515. The molecule has 0 bridgehead atoms. The van der Waals surface area contributed by atoms with Crippen molar-refractivity contribution in [1.29, 1.82) is 0 Å². The first-order chi connectivity index (χ1) is 9.68. The number of hydrogen-bond acceptors (Lipinski definition) is 3. The van der Waals surface area contributed by atoms with Crippen LogP contribution in [-0.4, -0.2) is 29.7 Å². The number of benzene rings is 1. The number of aryl methyl sites for hydroxylation is 1. The average molecular weight is 278 g/mol. The molecule has 2 atom stereocenters. The van der Waals surface area contributed by atoms with Gasteiger partial charge in [0.05, 0.1) is 12.7 Å². The second-order valence-electron chi connectivity index (χ2n) is 5.44. The molecule has 0 aromatic heterocycles. The van der Waals surface area contributed by atoms with Gasteiger partial charge < -0.3 is 14.6 Å². The summed E-state index contributed by atoms with van der Waals surface area (Å²) in [6, 6.07) is 8.44. The Morgan fingerprint density at radius 2 is 1.60 bits per heavy atom. The highest BCUT2D eigenvalue weighted by Crippen LogP contribution is 2.35. The summed E-state index contributed by atoms with van der Waals surface area (Å²) < 4.78 is 12.2. The van der Waals surface area contributed by atoms with Gasteiger partial charge in [-0.25, -0.2) is 0 Å². The van der Waals surface area contributed by atoms with Crippen LogP contribution in [0.3, 0.4) is 0 Å². The molecule has 2 unspecified atom stereocenters. The van der Waals surface area contributed by atoms with E-state index in [2.05, 4.69) is 45.0 Å². The van der Waals surface area contributed by atoms with E-state index in [0.29, 0.717) is 0 Å². The minimum Gasteiger partial charge on any atom is -0.394 e. The maximum atomic E-state index is 9.56. The molecule has 0 saturated carbocycles. The van der Waals surface area contributed by atoms with E-state index < -0.39 is 5.79 Å². The predicted octanol–water partition coefficient (Wildman–Crippen LogP) is 3.08. The SMILES string of the molecule is CCc1ccccc1CC1OC(CC)(CC)OC1CO. The van der Waals surface area contributed by atoms with E-state index in [1.807, 2.05) is 0 Å². The Kier molecular flexibility index (Phi) is 5.19. The van der Waals surface area contributed by atoms with E-state index in [9.17, 15) is 5.11 Å². The van der Waals surface area contributed by atoms with Crippen molar-refractivity contribution in [2.24, 2.45) is 0 Å². The monoisotopic (exact) mass is 278 g/mol. The van der Waals surface area contributed by atoms with E-state index in [1.54, 1.807) is 0 Å². The van der Waals surface area contributed by atoms with Gasteiger partial charge in [0.1, 0.15) is 6.10 Å². The highest BCUT2D eigenvalue weighted by molar-refractivity contribution is 5.28. The summed E-state index contributed by atoms with van der Waals surface area (Å²) in [5, 5.41) is 9.56. The molecule has 0 spiro atoms. The van der Waals surface area contributed by atoms with E-state index in [1.165, 1.54) is 11.1 Å². The van der Waals surface area contributed by atoms with Gasteiger partial charge in [-0.1, -0.05) is 45.0 Å². The van der Waals surface area contributed by atoms with Gasteiger partial charge in [-0.15, -0.1) is 0 Å².